The Morgan fingerprint density at radius 3 is 3.06 bits per heavy atom. The zero-order valence-corrected chi connectivity index (χ0v) is 11.0. The molecule has 1 aromatic carbocycles. The van der Waals surface area contributed by atoms with Gasteiger partial charge in [-0.25, -0.2) is 0 Å². The molecule has 1 heterocycles. The molecular weight excluding hydrogens is 250 g/mol. The number of hydrogen-bond donors (Lipinski definition) is 3. The number of anilines is 1. The molecule has 0 radical (unpaired) electrons. The second-order valence-electron chi connectivity index (χ2n) is 4.54. The van der Waals surface area contributed by atoms with E-state index in [0.717, 1.165) is 19.5 Å². The number of primary amides is 1. The first kappa shape index (κ1) is 13.2. The largest absolute Gasteiger partial charge is 0.384 e. The van der Waals surface area contributed by atoms with E-state index in [1.807, 2.05) is 12.1 Å². The topological polar surface area (TPSA) is 67.2 Å². The number of nitrogens with two attached hydrogens (primary N) is 1. The highest BCUT2D eigenvalue weighted by molar-refractivity contribution is 6.34. The van der Waals surface area contributed by atoms with Gasteiger partial charge < -0.3 is 16.4 Å². The predicted octanol–water partition coefficient (Wildman–Crippen LogP) is 1.99. The standard InChI is InChI=1S/C13H18ClN3O/c14-10-4-1-5-11(12(10)13(15)18)17-8-6-9-3-2-7-16-9/h1,4-5,9,16-17H,2-3,6-8H2,(H2,15,18)/t9-/m0/s1. The number of benzene rings is 1. The highest BCUT2D eigenvalue weighted by atomic mass is 35.5. The van der Waals surface area contributed by atoms with Crippen LogP contribution in [0.2, 0.25) is 5.02 Å². The Kier molecular flexibility index (Phi) is 4.44. The van der Waals surface area contributed by atoms with Crippen LogP contribution in [0.5, 0.6) is 0 Å². The van der Waals surface area contributed by atoms with E-state index in [4.69, 9.17) is 17.3 Å². The SMILES string of the molecule is NC(=O)c1c(Cl)cccc1NCC[C@@H]1CCCN1. The fourth-order valence-electron chi connectivity index (χ4n) is 2.31. The summed E-state index contributed by atoms with van der Waals surface area (Å²) in [5.74, 6) is -0.498. The van der Waals surface area contributed by atoms with Gasteiger partial charge in [-0.2, -0.15) is 0 Å². The summed E-state index contributed by atoms with van der Waals surface area (Å²) in [6, 6.07) is 5.89. The van der Waals surface area contributed by atoms with Crippen LogP contribution >= 0.6 is 11.6 Å². The second-order valence-corrected chi connectivity index (χ2v) is 4.94. The van der Waals surface area contributed by atoms with Gasteiger partial charge in [0.05, 0.1) is 10.6 Å². The molecule has 0 unspecified atom stereocenters. The van der Waals surface area contributed by atoms with Crippen LogP contribution in [-0.2, 0) is 0 Å². The first-order valence-electron chi connectivity index (χ1n) is 6.24. The summed E-state index contributed by atoms with van der Waals surface area (Å²) in [5.41, 5.74) is 6.42. The molecule has 0 aliphatic carbocycles. The third kappa shape index (κ3) is 3.15. The maximum atomic E-state index is 11.3. The molecule has 1 aromatic rings. The van der Waals surface area contributed by atoms with E-state index in [2.05, 4.69) is 10.6 Å². The van der Waals surface area contributed by atoms with Crippen molar-refractivity contribution in [3.8, 4) is 0 Å². The van der Waals surface area contributed by atoms with Gasteiger partial charge in [-0.05, 0) is 37.9 Å². The predicted molar refractivity (Wildman–Crippen MR) is 74.1 cm³/mol. The smallest absolute Gasteiger partial charge is 0.252 e. The lowest BCUT2D eigenvalue weighted by atomic mass is 10.1. The van der Waals surface area contributed by atoms with E-state index in [0.29, 0.717) is 22.3 Å². The number of amides is 1. The summed E-state index contributed by atoms with van der Waals surface area (Å²) in [7, 11) is 0. The highest BCUT2D eigenvalue weighted by Gasteiger charge is 2.15. The van der Waals surface area contributed by atoms with Crippen molar-refractivity contribution >= 4 is 23.2 Å². The molecule has 0 saturated carbocycles. The maximum absolute atomic E-state index is 11.3. The Balaban J connectivity index is 1.96. The average Bonchev–Trinajstić information content (AvgIpc) is 2.81. The minimum absolute atomic E-state index is 0.374. The summed E-state index contributed by atoms with van der Waals surface area (Å²) in [6.45, 7) is 1.91. The first-order valence-corrected chi connectivity index (χ1v) is 6.62. The quantitative estimate of drug-likeness (QED) is 0.764. The van der Waals surface area contributed by atoms with E-state index >= 15 is 0 Å². The van der Waals surface area contributed by atoms with Gasteiger partial charge in [-0.1, -0.05) is 17.7 Å². The average molecular weight is 268 g/mol. The van der Waals surface area contributed by atoms with Crippen molar-refractivity contribution in [2.75, 3.05) is 18.4 Å². The second kappa shape index (κ2) is 6.07. The molecule has 1 fully saturated rings. The van der Waals surface area contributed by atoms with E-state index < -0.39 is 5.91 Å². The van der Waals surface area contributed by atoms with E-state index in [-0.39, 0.29) is 0 Å². The van der Waals surface area contributed by atoms with Crippen molar-refractivity contribution in [2.24, 2.45) is 5.73 Å². The zero-order valence-electron chi connectivity index (χ0n) is 10.2. The van der Waals surface area contributed by atoms with Crippen LogP contribution in [0.1, 0.15) is 29.6 Å². The van der Waals surface area contributed by atoms with E-state index in [1.54, 1.807) is 6.07 Å². The van der Waals surface area contributed by atoms with Crippen molar-refractivity contribution in [2.45, 2.75) is 25.3 Å². The van der Waals surface area contributed by atoms with Crippen molar-refractivity contribution < 1.29 is 4.79 Å². The molecule has 18 heavy (non-hydrogen) atoms. The fraction of sp³-hybridized carbons (Fsp3) is 0.462. The Morgan fingerprint density at radius 2 is 2.39 bits per heavy atom. The summed E-state index contributed by atoms with van der Waals surface area (Å²) >= 11 is 5.98. The third-order valence-corrected chi connectivity index (χ3v) is 3.55. The molecule has 1 saturated heterocycles. The molecule has 2 rings (SSSR count). The van der Waals surface area contributed by atoms with E-state index in [1.165, 1.54) is 12.8 Å². The van der Waals surface area contributed by atoms with Crippen LogP contribution < -0.4 is 16.4 Å². The molecule has 0 spiro atoms. The summed E-state index contributed by atoms with van der Waals surface area (Å²) in [4.78, 5) is 11.3. The minimum Gasteiger partial charge on any atom is -0.384 e. The van der Waals surface area contributed by atoms with Gasteiger partial charge in [-0.15, -0.1) is 0 Å². The summed E-state index contributed by atoms with van der Waals surface area (Å²) in [6.07, 6.45) is 3.50. The molecule has 4 nitrogen and oxygen atoms in total. The summed E-state index contributed by atoms with van der Waals surface area (Å²) in [5, 5.41) is 7.07. The van der Waals surface area contributed by atoms with Crippen LogP contribution in [0, 0.1) is 0 Å². The highest BCUT2D eigenvalue weighted by Crippen LogP contribution is 2.24. The lowest BCUT2D eigenvalue weighted by molar-refractivity contribution is 0.100. The van der Waals surface area contributed by atoms with Crippen molar-refractivity contribution in [3.05, 3.63) is 28.8 Å². The van der Waals surface area contributed by atoms with E-state index in [9.17, 15) is 4.79 Å². The lowest BCUT2D eigenvalue weighted by Gasteiger charge is -2.14. The monoisotopic (exact) mass is 267 g/mol. The van der Waals surface area contributed by atoms with Crippen LogP contribution in [0.15, 0.2) is 18.2 Å². The van der Waals surface area contributed by atoms with Gasteiger partial charge in [0.1, 0.15) is 0 Å². The third-order valence-electron chi connectivity index (χ3n) is 3.23. The Labute approximate surface area is 112 Å². The number of rotatable bonds is 5. The number of carbonyl (C=O) groups is 1. The van der Waals surface area contributed by atoms with Gasteiger partial charge in [0, 0.05) is 18.3 Å². The van der Waals surface area contributed by atoms with Crippen molar-refractivity contribution in [1.29, 1.82) is 0 Å². The van der Waals surface area contributed by atoms with Crippen LogP contribution in [0.25, 0.3) is 0 Å². The molecule has 5 heteroatoms. The van der Waals surface area contributed by atoms with Gasteiger partial charge >= 0.3 is 0 Å². The van der Waals surface area contributed by atoms with Crippen LogP contribution in [0.3, 0.4) is 0 Å². The number of hydrogen-bond acceptors (Lipinski definition) is 3. The zero-order chi connectivity index (χ0) is 13.0. The van der Waals surface area contributed by atoms with Crippen LogP contribution in [0.4, 0.5) is 5.69 Å². The number of halogens is 1. The van der Waals surface area contributed by atoms with Gasteiger partial charge in [0.15, 0.2) is 0 Å². The molecule has 0 aromatic heterocycles. The Bertz CT molecular complexity index is 430. The van der Waals surface area contributed by atoms with Gasteiger partial charge in [0.2, 0.25) is 0 Å². The fourth-order valence-corrected chi connectivity index (χ4v) is 2.57. The first-order chi connectivity index (χ1) is 8.68. The van der Waals surface area contributed by atoms with Gasteiger partial charge in [-0.3, -0.25) is 4.79 Å². The molecule has 4 N–H and O–H groups in total. The lowest BCUT2D eigenvalue weighted by Crippen LogP contribution is -2.24. The number of carbonyl (C=O) groups excluding carboxylic acids is 1. The number of nitrogens with one attached hydrogen (secondary N) is 2. The Morgan fingerprint density at radius 1 is 1.56 bits per heavy atom. The molecule has 1 aliphatic heterocycles. The molecule has 98 valence electrons. The van der Waals surface area contributed by atoms with Crippen LogP contribution in [-0.4, -0.2) is 25.0 Å². The molecule has 1 aliphatic rings. The van der Waals surface area contributed by atoms with Crippen molar-refractivity contribution in [1.82, 2.24) is 5.32 Å². The molecule has 1 amide bonds. The maximum Gasteiger partial charge on any atom is 0.252 e. The van der Waals surface area contributed by atoms with Gasteiger partial charge in [0.25, 0.3) is 5.91 Å². The minimum atomic E-state index is -0.498. The molecule has 1 atom stereocenters. The molecule has 0 bridgehead atoms. The van der Waals surface area contributed by atoms with Crippen molar-refractivity contribution in [3.63, 3.8) is 0 Å². The summed E-state index contributed by atoms with van der Waals surface area (Å²) < 4.78 is 0. The molecular formula is C13H18ClN3O. The normalized spacial score (nSPS) is 18.8. The Hall–Kier alpha value is -1.26.